The number of nitriles is 1. The Bertz CT molecular complexity index is 634. The fraction of sp³-hybridized carbons (Fsp3) is 0.500. The van der Waals surface area contributed by atoms with Gasteiger partial charge in [-0.3, -0.25) is 0 Å². The Morgan fingerprint density at radius 1 is 1.50 bits per heavy atom. The van der Waals surface area contributed by atoms with Crippen molar-refractivity contribution in [2.45, 2.75) is 19.0 Å². The molecule has 0 amide bonds. The van der Waals surface area contributed by atoms with E-state index >= 15 is 0 Å². The van der Waals surface area contributed by atoms with Crippen LogP contribution in [0.3, 0.4) is 0 Å². The maximum Gasteiger partial charge on any atom is 0.152 e. The summed E-state index contributed by atoms with van der Waals surface area (Å²) in [6, 6.07) is 7.88. The van der Waals surface area contributed by atoms with Crippen LogP contribution in [0.2, 0.25) is 0 Å². The van der Waals surface area contributed by atoms with E-state index in [9.17, 15) is 13.7 Å². The molecule has 5 nitrogen and oxygen atoms in total. The molecule has 1 aromatic rings. The fourth-order valence-electron chi connectivity index (χ4n) is 2.57. The normalized spacial score (nSPS) is 20.6. The number of nitrogens with one attached hydrogen (secondary N) is 1. The van der Waals surface area contributed by atoms with Crippen molar-refractivity contribution in [3.8, 4) is 6.07 Å². The smallest absolute Gasteiger partial charge is 0.152 e. The minimum atomic E-state index is -2.92. The van der Waals surface area contributed by atoms with Crippen LogP contribution in [0.1, 0.15) is 17.5 Å². The molecule has 1 fully saturated rings. The van der Waals surface area contributed by atoms with Gasteiger partial charge in [-0.2, -0.15) is 5.26 Å². The lowest BCUT2D eigenvalue weighted by molar-refractivity contribution is 0.601. The second-order valence-electron chi connectivity index (χ2n) is 5.16. The molecular formula is C14H19N3O2S. The second kappa shape index (κ2) is 5.81. The van der Waals surface area contributed by atoms with Crippen molar-refractivity contribution in [3.63, 3.8) is 0 Å². The molecule has 0 saturated carbocycles. The summed E-state index contributed by atoms with van der Waals surface area (Å²) in [5.41, 5.74) is 2.43. The lowest BCUT2D eigenvalue weighted by Crippen LogP contribution is -2.33. The maximum absolute atomic E-state index is 11.6. The Balaban J connectivity index is 2.26. The topological polar surface area (TPSA) is 73.2 Å². The number of sulfone groups is 1. The summed E-state index contributed by atoms with van der Waals surface area (Å²) < 4.78 is 23.1. The Kier molecular flexibility index (Phi) is 4.31. The van der Waals surface area contributed by atoms with Gasteiger partial charge in [0, 0.05) is 19.6 Å². The van der Waals surface area contributed by atoms with Crippen molar-refractivity contribution in [1.29, 1.82) is 5.26 Å². The third-order valence-corrected chi connectivity index (χ3v) is 5.45. The molecular weight excluding hydrogens is 274 g/mol. The lowest BCUT2D eigenvalue weighted by Gasteiger charge is -2.26. The SMILES string of the molecule is CNCc1ccc(N(C)C2CCS(=O)(=O)C2)c(C#N)c1. The van der Waals surface area contributed by atoms with Gasteiger partial charge >= 0.3 is 0 Å². The van der Waals surface area contributed by atoms with Crippen LogP contribution in [0.25, 0.3) is 0 Å². The highest BCUT2D eigenvalue weighted by Crippen LogP contribution is 2.26. The zero-order valence-corrected chi connectivity index (χ0v) is 12.6. The molecule has 1 unspecified atom stereocenters. The average molecular weight is 293 g/mol. The standard InChI is InChI=1S/C14H19N3O2S/c1-16-9-11-3-4-14(12(7-11)8-15)17(2)13-5-6-20(18,19)10-13/h3-4,7,13,16H,5-6,9-10H2,1-2H3. The van der Waals surface area contributed by atoms with Gasteiger partial charge in [0.15, 0.2) is 9.84 Å². The number of rotatable bonds is 4. The summed E-state index contributed by atoms with van der Waals surface area (Å²) in [6.07, 6.45) is 0.627. The fourth-order valence-corrected chi connectivity index (χ4v) is 4.35. The van der Waals surface area contributed by atoms with E-state index in [2.05, 4.69) is 11.4 Å². The molecule has 0 bridgehead atoms. The number of hydrogen-bond donors (Lipinski definition) is 1. The molecule has 0 aliphatic carbocycles. The third kappa shape index (κ3) is 3.11. The van der Waals surface area contributed by atoms with Crippen molar-refractivity contribution in [2.24, 2.45) is 0 Å². The summed E-state index contributed by atoms with van der Waals surface area (Å²) in [5, 5.41) is 12.3. The van der Waals surface area contributed by atoms with Gasteiger partial charge in [0.25, 0.3) is 0 Å². The summed E-state index contributed by atoms with van der Waals surface area (Å²) in [7, 11) is 0.798. The van der Waals surface area contributed by atoms with Crippen LogP contribution in [0.4, 0.5) is 5.69 Å². The molecule has 1 aliphatic rings. The van der Waals surface area contributed by atoms with Gasteiger partial charge in [-0.25, -0.2) is 8.42 Å². The van der Waals surface area contributed by atoms with Crippen molar-refractivity contribution in [1.82, 2.24) is 5.32 Å². The van der Waals surface area contributed by atoms with Crippen molar-refractivity contribution >= 4 is 15.5 Å². The minimum absolute atomic E-state index is 0.0396. The van der Waals surface area contributed by atoms with Crippen LogP contribution >= 0.6 is 0 Å². The predicted molar refractivity (Wildman–Crippen MR) is 79.4 cm³/mol. The average Bonchev–Trinajstić information content (AvgIpc) is 2.78. The van der Waals surface area contributed by atoms with Crippen LogP contribution in [0.5, 0.6) is 0 Å². The van der Waals surface area contributed by atoms with Gasteiger partial charge in [-0.1, -0.05) is 6.07 Å². The zero-order chi connectivity index (χ0) is 14.8. The summed E-state index contributed by atoms with van der Waals surface area (Å²) in [5.74, 6) is 0.411. The van der Waals surface area contributed by atoms with E-state index < -0.39 is 9.84 Å². The van der Waals surface area contributed by atoms with E-state index in [1.165, 1.54) is 0 Å². The molecule has 1 aromatic carbocycles. The molecule has 0 spiro atoms. The van der Waals surface area contributed by atoms with Crippen LogP contribution in [0, 0.1) is 11.3 Å². The number of nitrogens with zero attached hydrogens (tertiary/aromatic N) is 2. The highest BCUT2D eigenvalue weighted by atomic mass is 32.2. The van der Waals surface area contributed by atoms with E-state index in [1.807, 2.05) is 37.2 Å². The van der Waals surface area contributed by atoms with Crippen LogP contribution in [0.15, 0.2) is 18.2 Å². The Hall–Kier alpha value is -1.58. The van der Waals surface area contributed by atoms with Gasteiger partial charge < -0.3 is 10.2 Å². The first-order valence-electron chi connectivity index (χ1n) is 6.57. The van der Waals surface area contributed by atoms with E-state index in [1.54, 1.807) is 0 Å². The first kappa shape index (κ1) is 14.8. The molecule has 1 saturated heterocycles. The highest BCUT2D eigenvalue weighted by molar-refractivity contribution is 7.91. The number of anilines is 1. The van der Waals surface area contributed by atoms with Crippen LogP contribution in [-0.2, 0) is 16.4 Å². The molecule has 20 heavy (non-hydrogen) atoms. The lowest BCUT2D eigenvalue weighted by atomic mass is 10.1. The van der Waals surface area contributed by atoms with Crippen LogP contribution < -0.4 is 10.2 Å². The van der Waals surface area contributed by atoms with Gasteiger partial charge in [-0.05, 0) is 31.2 Å². The van der Waals surface area contributed by atoms with E-state index in [-0.39, 0.29) is 17.5 Å². The quantitative estimate of drug-likeness (QED) is 0.893. The Morgan fingerprint density at radius 2 is 2.25 bits per heavy atom. The van der Waals surface area contributed by atoms with Crippen molar-refractivity contribution < 1.29 is 8.42 Å². The van der Waals surface area contributed by atoms with Crippen molar-refractivity contribution in [2.75, 3.05) is 30.5 Å². The molecule has 6 heteroatoms. The van der Waals surface area contributed by atoms with E-state index in [0.717, 1.165) is 11.3 Å². The second-order valence-corrected chi connectivity index (χ2v) is 7.39. The van der Waals surface area contributed by atoms with E-state index in [4.69, 9.17) is 0 Å². The summed E-state index contributed by atoms with van der Waals surface area (Å²) in [6.45, 7) is 0.705. The number of hydrogen-bond acceptors (Lipinski definition) is 5. The first-order chi connectivity index (χ1) is 9.46. The maximum atomic E-state index is 11.6. The molecule has 0 radical (unpaired) electrons. The molecule has 108 valence electrons. The molecule has 2 rings (SSSR count). The van der Waals surface area contributed by atoms with Gasteiger partial charge in [0.1, 0.15) is 6.07 Å². The molecule has 1 heterocycles. The predicted octanol–water partition coefficient (Wildman–Crippen LogP) is 0.901. The monoisotopic (exact) mass is 293 g/mol. The zero-order valence-electron chi connectivity index (χ0n) is 11.8. The number of benzene rings is 1. The largest absolute Gasteiger partial charge is 0.369 e. The molecule has 0 aromatic heterocycles. The van der Waals surface area contributed by atoms with Gasteiger partial charge in [0.05, 0.1) is 22.8 Å². The molecule has 1 aliphatic heterocycles. The van der Waals surface area contributed by atoms with E-state index in [0.29, 0.717) is 18.5 Å². The summed E-state index contributed by atoms with van der Waals surface area (Å²) in [4.78, 5) is 1.92. The van der Waals surface area contributed by atoms with Gasteiger partial charge in [-0.15, -0.1) is 0 Å². The molecule has 1 atom stereocenters. The van der Waals surface area contributed by atoms with Crippen molar-refractivity contribution in [3.05, 3.63) is 29.3 Å². The first-order valence-corrected chi connectivity index (χ1v) is 8.40. The third-order valence-electron chi connectivity index (χ3n) is 3.70. The highest BCUT2D eigenvalue weighted by Gasteiger charge is 2.31. The Labute approximate surface area is 120 Å². The van der Waals surface area contributed by atoms with Gasteiger partial charge in [0.2, 0.25) is 0 Å². The summed E-state index contributed by atoms with van der Waals surface area (Å²) >= 11 is 0. The molecule has 1 N–H and O–H groups in total. The Morgan fingerprint density at radius 3 is 2.80 bits per heavy atom. The van der Waals surface area contributed by atoms with Crippen LogP contribution in [-0.4, -0.2) is 40.1 Å². The minimum Gasteiger partial charge on any atom is -0.369 e.